The van der Waals surface area contributed by atoms with Crippen LogP contribution in [0.15, 0.2) is 54.9 Å². The molecule has 0 saturated carbocycles. The number of amides is 1. The lowest BCUT2D eigenvalue weighted by Crippen LogP contribution is -2.28. The zero-order valence-electron chi connectivity index (χ0n) is 16.6. The number of ether oxygens (including phenoxy) is 2. The van der Waals surface area contributed by atoms with Gasteiger partial charge in [0.05, 0.1) is 5.69 Å². The van der Waals surface area contributed by atoms with Crippen molar-refractivity contribution < 1.29 is 14.3 Å². The minimum absolute atomic E-state index is 0.166. The number of imidazole rings is 1. The van der Waals surface area contributed by atoms with E-state index in [2.05, 4.69) is 24.1 Å². The molecule has 2 heterocycles. The summed E-state index contributed by atoms with van der Waals surface area (Å²) in [6.45, 7) is 6.96. The van der Waals surface area contributed by atoms with Crippen LogP contribution in [0.3, 0.4) is 0 Å². The standard InChI is InChI=1S/C22H27N3O3/c1-16(2)10-12-27-17(3)22(26)24-18-7-6-8-20(13-18)28-15-19-14-25-11-5-4-9-21(25)23-19/h4-9,11,13-14,16-17H,10,12,15H2,1-3H3,(H,24,26). The number of hydrogen-bond donors (Lipinski definition) is 1. The molecule has 0 aliphatic rings. The molecule has 0 saturated heterocycles. The summed E-state index contributed by atoms with van der Waals surface area (Å²) in [5, 5.41) is 2.88. The Balaban J connectivity index is 1.53. The average molecular weight is 381 g/mol. The first-order valence-corrected chi connectivity index (χ1v) is 9.59. The maximum absolute atomic E-state index is 12.3. The molecule has 1 N–H and O–H groups in total. The van der Waals surface area contributed by atoms with Gasteiger partial charge in [0.1, 0.15) is 24.1 Å². The fraction of sp³-hybridized carbons (Fsp3) is 0.364. The molecular formula is C22H27N3O3. The fourth-order valence-electron chi connectivity index (χ4n) is 2.68. The molecule has 148 valence electrons. The van der Waals surface area contributed by atoms with E-state index in [0.29, 0.717) is 30.6 Å². The number of rotatable bonds is 9. The van der Waals surface area contributed by atoms with E-state index in [1.807, 2.05) is 53.2 Å². The second kappa shape index (κ2) is 9.37. The Labute approximate surface area is 165 Å². The second-order valence-corrected chi connectivity index (χ2v) is 7.20. The average Bonchev–Trinajstić information content (AvgIpc) is 3.09. The summed E-state index contributed by atoms with van der Waals surface area (Å²) in [6, 6.07) is 13.2. The maximum atomic E-state index is 12.3. The molecule has 1 atom stereocenters. The molecule has 1 aromatic carbocycles. The minimum atomic E-state index is -0.499. The van der Waals surface area contributed by atoms with Crippen LogP contribution < -0.4 is 10.1 Å². The van der Waals surface area contributed by atoms with Gasteiger partial charge in [-0.3, -0.25) is 4.79 Å². The van der Waals surface area contributed by atoms with Crippen molar-refractivity contribution >= 4 is 17.2 Å². The van der Waals surface area contributed by atoms with Crippen LogP contribution in [0.5, 0.6) is 5.75 Å². The minimum Gasteiger partial charge on any atom is -0.487 e. The summed E-state index contributed by atoms with van der Waals surface area (Å²) < 4.78 is 13.4. The molecule has 0 bridgehead atoms. The van der Waals surface area contributed by atoms with Gasteiger partial charge >= 0.3 is 0 Å². The van der Waals surface area contributed by atoms with Crippen molar-refractivity contribution in [1.29, 1.82) is 0 Å². The van der Waals surface area contributed by atoms with E-state index in [-0.39, 0.29) is 5.91 Å². The van der Waals surface area contributed by atoms with Crippen LogP contribution in [0.4, 0.5) is 5.69 Å². The third-order valence-electron chi connectivity index (χ3n) is 4.33. The van der Waals surface area contributed by atoms with Gasteiger partial charge in [-0.05, 0) is 43.5 Å². The van der Waals surface area contributed by atoms with Crippen LogP contribution in [0.25, 0.3) is 5.65 Å². The van der Waals surface area contributed by atoms with Gasteiger partial charge in [-0.25, -0.2) is 4.98 Å². The lowest BCUT2D eigenvalue weighted by Gasteiger charge is -2.14. The fourth-order valence-corrected chi connectivity index (χ4v) is 2.68. The molecular weight excluding hydrogens is 354 g/mol. The van der Waals surface area contributed by atoms with E-state index in [0.717, 1.165) is 17.8 Å². The number of fused-ring (bicyclic) bond motifs is 1. The molecule has 2 aromatic heterocycles. The molecule has 0 radical (unpaired) electrons. The Kier molecular flexibility index (Phi) is 6.66. The zero-order chi connectivity index (χ0) is 19.9. The number of nitrogens with one attached hydrogen (secondary N) is 1. The van der Waals surface area contributed by atoms with E-state index in [1.54, 1.807) is 13.0 Å². The predicted molar refractivity (Wildman–Crippen MR) is 109 cm³/mol. The summed E-state index contributed by atoms with van der Waals surface area (Å²) >= 11 is 0. The van der Waals surface area contributed by atoms with Crippen molar-refractivity contribution in [1.82, 2.24) is 9.38 Å². The van der Waals surface area contributed by atoms with Gasteiger partial charge in [-0.1, -0.05) is 26.0 Å². The molecule has 0 fully saturated rings. The summed E-state index contributed by atoms with van der Waals surface area (Å²) in [5.41, 5.74) is 2.40. The maximum Gasteiger partial charge on any atom is 0.253 e. The lowest BCUT2D eigenvalue weighted by atomic mass is 10.1. The van der Waals surface area contributed by atoms with Crippen molar-refractivity contribution in [3.63, 3.8) is 0 Å². The van der Waals surface area contributed by atoms with Crippen molar-refractivity contribution in [2.24, 2.45) is 5.92 Å². The summed E-state index contributed by atoms with van der Waals surface area (Å²) in [4.78, 5) is 16.8. The number of pyridine rings is 1. The van der Waals surface area contributed by atoms with Gasteiger partial charge < -0.3 is 19.2 Å². The van der Waals surface area contributed by atoms with E-state index in [1.165, 1.54) is 0 Å². The number of benzene rings is 1. The zero-order valence-corrected chi connectivity index (χ0v) is 16.6. The van der Waals surface area contributed by atoms with Crippen LogP contribution >= 0.6 is 0 Å². The Morgan fingerprint density at radius 3 is 2.82 bits per heavy atom. The Morgan fingerprint density at radius 2 is 2.04 bits per heavy atom. The summed E-state index contributed by atoms with van der Waals surface area (Å²) in [5.74, 6) is 1.06. The van der Waals surface area contributed by atoms with E-state index in [4.69, 9.17) is 9.47 Å². The smallest absolute Gasteiger partial charge is 0.253 e. The van der Waals surface area contributed by atoms with E-state index >= 15 is 0 Å². The normalized spacial score (nSPS) is 12.3. The van der Waals surface area contributed by atoms with Gasteiger partial charge in [-0.15, -0.1) is 0 Å². The predicted octanol–water partition coefficient (Wildman–Crippen LogP) is 4.30. The van der Waals surface area contributed by atoms with E-state index < -0.39 is 6.10 Å². The second-order valence-electron chi connectivity index (χ2n) is 7.20. The first kappa shape index (κ1) is 19.9. The topological polar surface area (TPSA) is 64.9 Å². The summed E-state index contributed by atoms with van der Waals surface area (Å²) in [6.07, 6.45) is 4.33. The highest BCUT2D eigenvalue weighted by Crippen LogP contribution is 2.19. The number of hydrogen-bond acceptors (Lipinski definition) is 4. The molecule has 6 heteroatoms. The first-order valence-electron chi connectivity index (χ1n) is 9.59. The molecule has 0 aliphatic carbocycles. The molecule has 1 unspecified atom stereocenters. The van der Waals surface area contributed by atoms with Crippen LogP contribution in [0.1, 0.15) is 32.9 Å². The highest BCUT2D eigenvalue weighted by atomic mass is 16.5. The Morgan fingerprint density at radius 1 is 1.18 bits per heavy atom. The highest BCUT2D eigenvalue weighted by molar-refractivity contribution is 5.94. The quantitative estimate of drug-likeness (QED) is 0.600. The monoisotopic (exact) mass is 381 g/mol. The number of aromatic nitrogens is 2. The Bertz CT molecular complexity index is 887. The van der Waals surface area contributed by atoms with Crippen LogP contribution in [-0.4, -0.2) is 28.0 Å². The SMILES string of the molecule is CC(C)CCOC(C)C(=O)Nc1cccc(OCc2cn3ccccc3n2)c1. The van der Waals surface area contributed by atoms with Gasteiger partial charge in [0, 0.05) is 30.8 Å². The molecule has 0 aliphatic heterocycles. The van der Waals surface area contributed by atoms with Gasteiger partial charge in [-0.2, -0.15) is 0 Å². The van der Waals surface area contributed by atoms with Crippen LogP contribution in [0.2, 0.25) is 0 Å². The molecule has 28 heavy (non-hydrogen) atoms. The number of nitrogens with zero attached hydrogens (tertiary/aromatic N) is 2. The third kappa shape index (κ3) is 5.57. The van der Waals surface area contributed by atoms with Crippen molar-refractivity contribution in [2.75, 3.05) is 11.9 Å². The van der Waals surface area contributed by atoms with Crippen molar-refractivity contribution in [3.05, 3.63) is 60.6 Å². The van der Waals surface area contributed by atoms with Gasteiger partial charge in [0.2, 0.25) is 0 Å². The van der Waals surface area contributed by atoms with E-state index in [9.17, 15) is 4.79 Å². The van der Waals surface area contributed by atoms with Crippen molar-refractivity contribution in [3.8, 4) is 5.75 Å². The van der Waals surface area contributed by atoms with Crippen LogP contribution in [0, 0.1) is 5.92 Å². The lowest BCUT2D eigenvalue weighted by molar-refractivity contribution is -0.126. The number of carbonyl (C=O) groups is 1. The molecule has 3 aromatic rings. The third-order valence-corrected chi connectivity index (χ3v) is 4.33. The number of carbonyl (C=O) groups excluding carboxylic acids is 1. The molecule has 0 spiro atoms. The number of anilines is 1. The molecule has 3 rings (SSSR count). The van der Waals surface area contributed by atoms with Crippen LogP contribution in [-0.2, 0) is 16.1 Å². The largest absolute Gasteiger partial charge is 0.487 e. The summed E-state index contributed by atoms with van der Waals surface area (Å²) in [7, 11) is 0. The highest BCUT2D eigenvalue weighted by Gasteiger charge is 2.14. The van der Waals surface area contributed by atoms with Gasteiger partial charge in [0.25, 0.3) is 5.91 Å². The van der Waals surface area contributed by atoms with Gasteiger partial charge in [0.15, 0.2) is 0 Å². The molecule has 1 amide bonds. The first-order chi connectivity index (χ1) is 13.5. The Hall–Kier alpha value is -2.86. The van der Waals surface area contributed by atoms with Crippen molar-refractivity contribution in [2.45, 2.75) is 39.9 Å². The molecule has 6 nitrogen and oxygen atoms in total.